The molecule has 6 nitrogen and oxygen atoms in total. The highest BCUT2D eigenvalue weighted by Gasteiger charge is 2.30. The monoisotopic (exact) mass is 326 g/mol. The number of hydrogen-bond acceptors (Lipinski definition) is 5. The summed E-state index contributed by atoms with van der Waals surface area (Å²) >= 11 is 0. The molecule has 1 aromatic heterocycles. The summed E-state index contributed by atoms with van der Waals surface area (Å²) in [4.78, 5) is 11.9. The minimum Gasteiger partial charge on any atom is -0.346 e. The van der Waals surface area contributed by atoms with Crippen LogP contribution in [0.2, 0.25) is 0 Å². The fourth-order valence-electron chi connectivity index (χ4n) is 3.90. The number of nitrogens with two attached hydrogens (primary N) is 1. The van der Waals surface area contributed by atoms with Crippen molar-refractivity contribution in [1.29, 1.82) is 0 Å². The van der Waals surface area contributed by atoms with Crippen LogP contribution in [0.5, 0.6) is 0 Å². The smallest absolute Gasteiger partial charge is 0.141 e. The van der Waals surface area contributed by atoms with Crippen molar-refractivity contribution in [1.82, 2.24) is 15.3 Å². The van der Waals surface area contributed by atoms with Gasteiger partial charge in [0.25, 0.3) is 0 Å². The Morgan fingerprint density at radius 3 is 2.83 bits per heavy atom. The van der Waals surface area contributed by atoms with Crippen LogP contribution < -0.4 is 11.2 Å². The van der Waals surface area contributed by atoms with Gasteiger partial charge < -0.3 is 10.3 Å². The number of hydrazine groups is 1. The summed E-state index contributed by atoms with van der Waals surface area (Å²) in [5.74, 6) is 8.23. The highest BCUT2D eigenvalue weighted by Crippen LogP contribution is 2.40. The minimum absolute atomic E-state index is 0.426. The number of aromatic nitrogens is 1. The maximum Gasteiger partial charge on any atom is 0.141 e. The molecular weight excluding hydrogens is 300 g/mol. The molecule has 4 N–H and O–H groups in total. The van der Waals surface area contributed by atoms with E-state index in [1.165, 1.54) is 32.2 Å². The number of aliphatic imine (C=N–C) groups is 2. The number of rotatable bonds is 5. The minimum atomic E-state index is 0.426. The van der Waals surface area contributed by atoms with E-state index >= 15 is 0 Å². The molecule has 0 amide bonds. The molecule has 2 saturated carbocycles. The fourth-order valence-corrected chi connectivity index (χ4v) is 3.90. The molecule has 2 heterocycles. The third-order valence-corrected chi connectivity index (χ3v) is 5.47. The Bertz CT molecular complexity index is 661. The van der Waals surface area contributed by atoms with E-state index in [1.807, 2.05) is 12.3 Å². The average Bonchev–Trinajstić information content (AvgIpc) is 3.32. The molecule has 0 radical (unpaired) electrons. The van der Waals surface area contributed by atoms with Gasteiger partial charge in [-0.1, -0.05) is 0 Å². The predicted octanol–water partition coefficient (Wildman–Crippen LogP) is 2.79. The zero-order valence-electron chi connectivity index (χ0n) is 14.0. The molecule has 4 rings (SSSR count). The van der Waals surface area contributed by atoms with Gasteiger partial charge in [-0.15, -0.1) is 0 Å². The Kier molecular flexibility index (Phi) is 4.24. The summed E-state index contributed by atoms with van der Waals surface area (Å²) in [6.07, 6.45) is 11.1. The fraction of sp³-hybridized carbons (Fsp3) is 0.556. The Balaban J connectivity index is 1.49. The molecular formula is C18H26N6. The maximum atomic E-state index is 6.17. The van der Waals surface area contributed by atoms with Crippen LogP contribution in [-0.2, 0) is 0 Å². The summed E-state index contributed by atoms with van der Waals surface area (Å²) in [6.45, 7) is 5.00. The summed E-state index contributed by atoms with van der Waals surface area (Å²) in [7, 11) is 0. The van der Waals surface area contributed by atoms with Gasteiger partial charge in [0.05, 0.1) is 11.4 Å². The maximum absolute atomic E-state index is 6.17. The van der Waals surface area contributed by atoms with E-state index in [0.29, 0.717) is 5.92 Å². The van der Waals surface area contributed by atoms with Crippen LogP contribution in [0.15, 0.2) is 27.9 Å². The van der Waals surface area contributed by atoms with Gasteiger partial charge in [0.15, 0.2) is 0 Å². The topological polar surface area (TPSA) is 81.8 Å². The molecule has 2 aliphatic carbocycles. The van der Waals surface area contributed by atoms with Crippen molar-refractivity contribution < 1.29 is 0 Å². The summed E-state index contributed by atoms with van der Waals surface area (Å²) in [5.41, 5.74) is 2.97. The molecule has 6 heteroatoms. The number of allylic oxidation sites excluding steroid dienone is 1. The first kappa shape index (κ1) is 15.6. The quantitative estimate of drug-likeness (QED) is 0.575. The van der Waals surface area contributed by atoms with Gasteiger partial charge in [-0.3, -0.25) is 10.0 Å². The van der Waals surface area contributed by atoms with Gasteiger partial charge >= 0.3 is 0 Å². The van der Waals surface area contributed by atoms with E-state index in [0.717, 1.165) is 47.6 Å². The Hall–Kier alpha value is -1.92. The first-order chi connectivity index (χ1) is 11.8. The summed E-state index contributed by atoms with van der Waals surface area (Å²) in [5, 5.41) is 5.25. The molecule has 128 valence electrons. The Labute approximate surface area is 142 Å². The normalized spacial score (nSPS) is 28.6. The van der Waals surface area contributed by atoms with E-state index in [2.05, 4.69) is 27.0 Å². The van der Waals surface area contributed by atoms with Crippen LogP contribution in [0, 0.1) is 11.8 Å². The molecule has 0 atom stereocenters. The van der Waals surface area contributed by atoms with Gasteiger partial charge in [-0.2, -0.15) is 0 Å². The second kappa shape index (κ2) is 6.53. The Morgan fingerprint density at radius 2 is 2.12 bits per heavy atom. The first-order valence-electron chi connectivity index (χ1n) is 8.96. The van der Waals surface area contributed by atoms with Gasteiger partial charge in [0.2, 0.25) is 0 Å². The lowest BCUT2D eigenvalue weighted by atomic mass is 9.79. The van der Waals surface area contributed by atoms with E-state index in [9.17, 15) is 0 Å². The second-order valence-electron chi connectivity index (χ2n) is 7.18. The largest absolute Gasteiger partial charge is 0.346 e. The van der Waals surface area contributed by atoms with E-state index < -0.39 is 0 Å². The lowest BCUT2D eigenvalue weighted by molar-refractivity contribution is 0.290. The number of nitrogens with zero attached hydrogens (tertiary/aromatic N) is 3. The molecule has 3 aliphatic rings. The standard InChI is InChI=1S/C18H26N6/c1-20-16(17-15-8-9-21-18(15)23-11-24(17)19)13-4-2-12(3-5-13)10-22-14-6-7-14/h8-9,11-14,21-22H,1-7,10,19H2/b17-16-. The van der Waals surface area contributed by atoms with Gasteiger partial charge in [0, 0.05) is 23.7 Å². The number of aromatic amines is 1. The highest BCUT2D eigenvalue weighted by atomic mass is 15.4. The van der Waals surface area contributed by atoms with Crippen molar-refractivity contribution in [3.8, 4) is 0 Å². The van der Waals surface area contributed by atoms with Crippen molar-refractivity contribution >= 4 is 24.6 Å². The van der Waals surface area contributed by atoms with Crippen LogP contribution in [0.25, 0.3) is 5.70 Å². The Morgan fingerprint density at radius 1 is 1.33 bits per heavy atom. The zero-order valence-corrected chi connectivity index (χ0v) is 14.0. The van der Waals surface area contributed by atoms with E-state index in [1.54, 1.807) is 11.3 Å². The van der Waals surface area contributed by atoms with Crippen LogP contribution in [0.4, 0.5) is 5.82 Å². The van der Waals surface area contributed by atoms with Crippen LogP contribution >= 0.6 is 0 Å². The van der Waals surface area contributed by atoms with Gasteiger partial charge in [0.1, 0.15) is 12.2 Å². The zero-order chi connectivity index (χ0) is 16.5. The van der Waals surface area contributed by atoms with Crippen molar-refractivity contribution in [2.75, 3.05) is 6.54 Å². The van der Waals surface area contributed by atoms with E-state index in [4.69, 9.17) is 5.84 Å². The van der Waals surface area contributed by atoms with Crippen LogP contribution in [-0.4, -0.2) is 35.6 Å². The third-order valence-electron chi connectivity index (χ3n) is 5.47. The summed E-state index contributed by atoms with van der Waals surface area (Å²) < 4.78 is 0. The van der Waals surface area contributed by atoms with E-state index in [-0.39, 0.29) is 0 Å². The molecule has 1 aromatic rings. The highest BCUT2D eigenvalue weighted by molar-refractivity contribution is 5.87. The molecule has 0 unspecified atom stereocenters. The molecule has 2 fully saturated rings. The number of nitrogens with one attached hydrogen (secondary N) is 2. The molecule has 24 heavy (non-hydrogen) atoms. The lowest BCUT2D eigenvalue weighted by Gasteiger charge is -2.32. The third kappa shape index (κ3) is 3.03. The predicted molar refractivity (Wildman–Crippen MR) is 97.9 cm³/mol. The SMILES string of the molecule is C=N/C(=C1/c2cc[nH]c2N=CN1N)C1CCC(CNC2CC2)CC1. The van der Waals surface area contributed by atoms with Crippen molar-refractivity contribution in [2.45, 2.75) is 44.6 Å². The van der Waals surface area contributed by atoms with Crippen molar-refractivity contribution in [2.24, 2.45) is 27.7 Å². The molecule has 0 bridgehead atoms. The molecule has 0 spiro atoms. The summed E-state index contributed by atoms with van der Waals surface area (Å²) in [6, 6.07) is 2.81. The van der Waals surface area contributed by atoms with Gasteiger partial charge in [-0.25, -0.2) is 10.8 Å². The van der Waals surface area contributed by atoms with Crippen molar-refractivity contribution in [3.63, 3.8) is 0 Å². The molecule has 0 saturated heterocycles. The number of H-pyrrole nitrogens is 1. The van der Waals surface area contributed by atoms with Crippen LogP contribution in [0.3, 0.4) is 0 Å². The van der Waals surface area contributed by atoms with Gasteiger partial charge in [-0.05, 0) is 63.8 Å². The average molecular weight is 326 g/mol. The molecule has 0 aromatic carbocycles. The number of hydrogen-bond donors (Lipinski definition) is 3. The number of fused-ring (bicyclic) bond motifs is 1. The second-order valence-corrected chi connectivity index (χ2v) is 7.18. The van der Waals surface area contributed by atoms with Crippen LogP contribution in [0.1, 0.15) is 44.1 Å². The lowest BCUT2D eigenvalue weighted by Crippen LogP contribution is -2.32. The van der Waals surface area contributed by atoms with Crippen molar-refractivity contribution in [3.05, 3.63) is 23.5 Å². The molecule has 1 aliphatic heterocycles. The first-order valence-corrected chi connectivity index (χ1v) is 8.96.